The second-order valence-electron chi connectivity index (χ2n) is 4.23. The molecule has 0 spiro atoms. The van der Waals surface area contributed by atoms with Crippen molar-refractivity contribution in [1.29, 1.82) is 0 Å². The van der Waals surface area contributed by atoms with Crippen molar-refractivity contribution in [2.45, 2.75) is 6.92 Å². The normalized spacial score (nSPS) is 10.1. The lowest BCUT2D eigenvalue weighted by Crippen LogP contribution is -2.00. The minimum Gasteiger partial charge on any atom is -0.497 e. The number of hydrogen-bond acceptors (Lipinski definition) is 4. The van der Waals surface area contributed by atoms with E-state index in [-0.39, 0.29) is 0 Å². The number of anilines is 3. The number of rotatable bonds is 4. The molecule has 4 heteroatoms. The standard InChI is InChI=1S/C15H18N2O2/c1-10-5-4-6-12(15(10)16)17-13-9-11(18-2)7-8-14(13)19-3/h4-9,17H,16H2,1-3H3. The highest BCUT2D eigenvalue weighted by Crippen LogP contribution is 2.33. The Hall–Kier alpha value is -2.36. The van der Waals surface area contributed by atoms with E-state index in [1.165, 1.54) is 0 Å². The number of nitrogen functional groups attached to an aromatic ring is 1. The SMILES string of the molecule is COc1ccc(OC)c(Nc2cccc(C)c2N)c1. The van der Waals surface area contributed by atoms with Crippen LogP contribution >= 0.6 is 0 Å². The van der Waals surface area contributed by atoms with Gasteiger partial charge in [-0.3, -0.25) is 0 Å². The molecule has 4 nitrogen and oxygen atoms in total. The van der Waals surface area contributed by atoms with Gasteiger partial charge in [0.15, 0.2) is 0 Å². The molecule has 0 aliphatic carbocycles. The van der Waals surface area contributed by atoms with E-state index >= 15 is 0 Å². The first-order chi connectivity index (χ1) is 9.15. The van der Waals surface area contributed by atoms with E-state index in [4.69, 9.17) is 15.2 Å². The summed E-state index contributed by atoms with van der Waals surface area (Å²) >= 11 is 0. The number of ether oxygens (including phenoxy) is 2. The molecule has 0 aliphatic heterocycles. The quantitative estimate of drug-likeness (QED) is 0.826. The van der Waals surface area contributed by atoms with Gasteiger partial charge in [0.05, 0.1) is 31.3 Å². The molecular formula is C15H18N2O2. The zero-order valence-corrected chi connectivity index (χ0v) is 11.4. The van der Waals surface area contributed by atoms with Gasteiger partial charge in [0.1, 0.15) is 11.5 Å². The zero-order chi connectivity index (χ0) is 13.8. The summed E-state index contributed by atoms with van der Waals surface area (Å²) in [5.41, 5.74) is 9.49. The zero-order valence-electron chi connectivity index (χ0n) is 11.4. The van der Waals surface area contributed by atoms with Crippen LogP contribution in [0.4, 0.5) is 17.1 Å². The Morgan fingerprint density at radius 3 is 2.47 bits per heavy atom. The van der Waals surface area contributed by atoms with Crippen LogP contribution in [0.15, 0.2) is 36.4 Å². The predicted octanol–water partition coefficient (Wildman–Crippen LogP) is 3.34. The molecule has 2 aromatic rings. The first kappa shape index (κ1) is 13.1. The average molecular weight is 258 g/mol. The van der Waals surface area contributed by atoms with Crippen molar-refractivity contribution < 1.29 is 9.47 Å². The number of methoxy groups -OCH3 is 2. The van der Waals surface area contributed by atoms with E-state index in [9.17, 15) is 0 Å². The molecule has 2 aromatic carbocycles. The minimum atomic E-state index is 0.729. The Kier molecular flexibility index (Phi) is 3.80. The van der Waals surface area contributed by atoms with Gasteiger partial charge >= 0.3 is 0 Å². The van der Waals surface area contributed by atoms with Crippen LogP contribution in [0.3, 0.4) is 0 Å². The van der Waals surface area contributed by atoms with Crippen LogP contribution in [0.5, 0.6) is 11.5 Å². The number of para-hydroxylation sites is 1. The molecule has 0 radical (unpaired) electrons. The van der Waals surface area contributed by atoms with Crippen LogP contribution in [0.25, 0.3) is 0 Å². The van der Waals surface area contributed by atoms with E-state index in [2.05, 4.69) is 5.32 Å². The van der Waals surface area contributed by atoms with Crippen molar-refractivity contribution in [3.63, 3.8) is 0 Å². The number of benzene rings is 2. The molecule has 0 saturated carbocycles. The van der Waals surface area contributed by atoms with E-state index in [0.717, 1.165) is 34.1 Å². The first-order valence-electron chi connectivity index (χ1n) is 6.00. The Balaban J connectivity index is 2.39. The van der Waals surface area contributed by atoms with Gasteiger partial charge in [0.25, 0.3) is 0 Å². The smallest absolute Gasteiger partial charge is 0.142 e. The second-order valence-corrected chi connectivity index (χ2v) is 4.23. The van der Waals surface area contributed by atoms with Gasteiger partial charge in [0, 0.05) is 6.07 Å². The molecule has 2 rings (SSSR count). The van der Waals surface area contributed by atoms with E-state index in [1.54, 1.807) is 14.2 Å². The van der Waals surface area contributed by atoms with E-state index in [0.29, 0.717) is 0 Å². The molecule has 0 unspecified atom stereocenters. The van der Waals surface area contributed by atoms with Gasteiger partial charge in [-0.2, -0.15) is 0 Å². The maximum absolute atomic E-state index is 6.06. The molecule has 100 valence electrons. The molecule has 0 amide bonds. The fourth-order valence-electron chi connectivity index (χ4n) is 1.85. The molecule has 0 atom stereocenters. The minimum absolute atomic E-state index is 0.729. The highest BCUT2D eigenvalue weighted by Gasteiger charge is 2.08. The monoisotopic (exact) mass is 258 g/mol. The maximum Gasteiger partial charge on any atom is 0.142 e. The molecule has 0 aliphatic rings. The third-order valence-corrected chi connectivity index (χ3v) is 3.00. The Morgan fingerprint density at radius 2 is 1.79 bits per heavy atom. The molecule has 0 fully saturated rings. The van der Waals surface area contributed by atoms with Gasteiger partial charge in [-0.15, -0.1) is 0 Å². The number of nitrogens with two attached hydrogens (primary N) is 1. The summed E-state index contributed by atoms with van der Waals surface area (Å²) in [4.78, 5) is 0. The largest absolute Gasteiger partial charge is 0.497 e. The van der Waals surface area contributed by atoms with Crippen LogP contribution < -0.4 is 20.5 Å². The van der Waals surface area contributed by atoms with Gasteiger partial charge in [-0.05, 0) is 30.7 Å². The van der Waals surface area contributed by atoms with Crippen LogP contribution in [-0.4, -0.2) is 14.2 Å². The molecule has 19 heavy (non-hydrogen) atoms. The Bertz CT molecular complexity index is 582. The van der Waals surface area contributed by atoms with Crippen molar-refractivity contribution in [2.24, 2.45) is 0 Å². The third-order valence-electron chi connectivity index (χ3n) is 3.00. The number of hydrogen-bond donors (Lipinski definition) is 2. The first-order valence-corrected chi connectivity index (χ1v) is 6.00. The van der Waals surface area contributed by atoms with Crippen molar-refractivity contribution >= 4 is 17.1 Å². The van der Waals surface area contributed by atoms with Gasteiger partial charge in [-0.25, -0.2) is 0 Å². The maximum atomic E-state index is 6.06. The van der Waals surface area contributed by atoms with Crippen molar-refractivity contribution in [2.75, 3.05) is 25.3 Å². The van der Waals surface area contributed by atoms with Gasteiger partial charge in [-0.1, -0.05) is 12.1 Å². The summed E-state index contributed by atoms with van der Waals surface area (Å²) in [5.74, 6) is 1.50. The Morgan fingerprint density at radius 1 is 1.00 bits per heavy atom. The van der Waals surface area contributed by atoms with E-state index < -0.39 is 0 Å². The summed E-state index contributed by atoms with van der Waals surface area (Å²) < 4.78 is 10.5. The molecule has 0 aromatic heterocycles. The van der Waals surface area contributed by atoms with E-state index in [1.807, 2.05) is 43.3 Å². The highest BCUT2D eigenvalue weighted by atomic mass is 16.5. The molecule has 3 N–H and O–H groups in total. The molecular weight excluding hydrogens is 240 g/mol. The topological polar surface area (TPSA) is 56.5 Å². The van der Waals surface area contributed by atoms with Crippen molar-refractivity contribution in [3.8, 4) is 11.5 Å². The summed E-state index contributed by atoms with van der Waals surface area (Å²) in [6.45, 7) is 1.98. The second kappa shape index (κ2) is 5.52. The number of aryl methyl sites for hydroxylation is 1. The summed E-state index contributed by atoms with van der Waals surface area (Å²) in [7, 11) is 3.26. The summed E-state index contributed by atoms with van der Waals surface area (Å²) in [6.07, 6.45) is 0. The Labute approximate surface area is 113 Å². The van der Waals surface area contributed by atoms with Crippen molar-refractivity contribution in [3.05, 3.63) is 42.0 Å². The summed E-state index contributed by atoms with van der Waals surface area (Å²) in [6, 6.07) is 11.4. The molecule has 0 heterocycles. The highest BCUT2D eigenvalue weighted by molar-refractivity contribution is 5.77. The fraction of sp³-hybridized carbons (Fsp3) is 0.200. The van der Waals surface area contributed by atoms with Crippen molar-refractivity contribution in [1.82, 2.24) is 0 Å². The fourth-order valence-corrected chi connectivity index (χ4v) is 1.85. The lowest BCUT2D eigenvalue weighted by molar-refractivity contribution is 0.405. The predicted molar refractivity (Wildman–Crippen MR) is 78.4 cm³/mol. The van der Waals surface area contributed by atoms with Crippen LogP contribution in [0.1, 0.15) is 5.56 Å². The average Bonchev–Trinajstić information content (AvgIpc) is 2.43. The van der Waals surface area contributed by atoms with Crippen LogP contribution in [0.2, 0.25) is 0 Å². The van der Waals surface area contributed by atoms with Gasteiger partial charge in [0.2, 0.25) is 0 Å². The summed E-state index contributed by atoms with van der Waals surface area (Å²) in [5, 5.41) is 3.28. The van der Waals surface area contributed by atoms with Crippen LogP contribution in [-0.2, 0) is 0 Å². The third kappa shape index (κ3) is 2.73. The van der Waals surface area contributed by atoms with Crippen LogP contribution in [0, 0.1) is 6.92 Å². The lowest BCUT2D eigenvalue weighted by Gasteiger charge is -2.15. The molecule has 0 saturated heterocycles. The van der Waals surface area contributed by atoms with Gasteiger partial charge < -0.3 is 20.5 Å². The number of nitrogens with one attached hydrogen (secondary N) is 1. The molecule has 0 bridgehead atoms. The lowest BCUT2D eigenvalue weighted by atomic mass is 10.1.